The first-order chi connectivity index (χ1) is 14.0. The van der Waals surface area contributed by atoms with Crippen LogP contribution >= 0.6 is 0 Å². The van der Waals surface area contributed by atoms with Crippen LogP contribution in [0.5, 0.6) is 0 Å². The molecule has 4 rings (SSSR count). The average molecular weight is 393 g/mol. The van der Waals surface area contributed by atoms with Crippen molar-refractivity contribution in [2.45, 2.75) is 12.5 Å². The molecular weight excluding hydrogens is 373 g/mol. The third kappa shape index (κ3) is 4.09. The Labute approximate surface area is 167 Å². The van der Waals surface area contributed by atoms with E-state index in [1.165, 1.54) is 12.1 Å². The van der Waals surface area contributed by atoms with Crippen molar-refractivity contribution in [2.75, 3.05) is 19.7 Å². The van der Waals surface area contributed by atoms with Gasteiger partial charge >= 0.3 is 0 Å². The van der Waals surface area contributed by atoms with Gasteiger partial charge in [-0.1, -0.05) is 30.3 Å². The molecule has 29 heavy (non-hydrogen) atoms. The number of primary amides is 1. The largest absolute Gasteiger partial charge is 0.368 e. The Morgan fingerprint density at radius 3 is 2.69 bits per heavy atom. The monoisotopic (exact) mass is 393 g/mol. The molecule has 1 atom stereocenters. The fourth-order valence-corrected chi connectivity index (χ4v) is 3.51. The van der Waals surface area contributed by atoms with Crippen molar-refractivity contribution in [1.82, 2.24) is 9.88 Å². The number of morpholine rings is 1. The van der Waals surface area contributed by atoms with Crippen LogP contribution in [0, 0.1) is 5.82 Å². The lowest BCUT2D eigenvalue weighted by atomic mass is 10.0. The zero-order chi connectivity index (χ0) is 20.4. The van der Waals surface area contributed by atoms with Crippen molar-refractivity contribution in [3.05, 3.63) is 77.2 Å². The van der Waals surface area contributed by atoms with Gasteiger partial charge < -0.3 is 15.4 Å². The molecule has 0 aliphatic carbocycles. The number of fused-ring (bicyclic) bond motifs is 1. The van der Waals surface area contributed by atoms with Gasteiger partial charge in [0.15, 0.2) is 0 Å². The number of para-hydroxylation sites is 1. The fraction of sp³-hybridized carbons (Fsp3) is 0.227. The topological polar surface area (TPSA) is 85.5 Å². The number of rotatable bonds is 4. The maximum absolute atomic E-state index is 13.1. The van der Waals surface area contributed by atoms with Crippen LogP contribution in [0.2, 0.25) is 0 Å². The van der Waals surface area contributed by atoms with E-state index in [1.807, 2.05) is 18.2 Å². The summed E-state index contributed by atoms with van der Waals surface area (Å²) in [7, 11) is 0. The maximum atomic E-state index is 13.1. The number of nitrogens with two attached hydrogens (primary N) is 1. The highest BCUT2D eigenvalue weighted by atomic mass is 19.1. The summed E-state index contributed by atoms with van der Waals surface area (Å²) in [6, 6.07) is 14.8. The number of hydrogen-bond donors (Lipinski definition) is 1. The summed E-state index contributed by atoms with van der Waals surface area (Å²) < 4.78 is 18.9. The number of nitrogens with zero attached hydrogens (tertiary/aromatic N) is 2. The van der Waals surface area contributed by atoms with E-state index in [2.05, 4.69) is 4.98 Å². The summed E-state index contributed by atoms with van der Waals surface area (Å²) in [5, 5.41) is 0.684. The standard InChI is InChI=1S/C22H20FN3O3/c23-15-7-5-14(6-8-15)11-21(27)26-9-10-29-20(13-26)19-12-17(22(24)28)16-3-1-2-4-18(16)25-19/h1-8,12,20H,9-11,13H2,(H2,24,28)/t20-/m0/s1. The number of aromatic nitrogens is 1. The van der Waals surface area contributed by atoms with E-state index >= 15 is 0 Å². The molecule has 0 bridgehead atoms. The lowest BCUT2D eigenvalue weighted by Crippen LogP contribution is -2.43. The highest BCUT2D eigenvalue weighted by molar-refractivity contribution is 6.05. The molecule has 3 aromatic rings. The smallest absolute Gasteiger partial charge is 0.249 e. The van der Waals surface area contributed by atoms with Crippen molar-refractivity contribution >= 4 is 22.7 Å². The molecule has 0 unspecified atom stereocenters. The van der Waals surface area contributed by atoms with E-state index < -0.39 is 12.0 Å². The molecule has 7 heteroatoms. The predicted octanol–water partition coefficient (Wildman–Crippen LogP) is 2.62. The summed E-state index contributed by atoms with van der Waals surface area (Å²) >= 11 is 0. The number of ether oxygens (including phenoxy) is 1. The van der Waals surface area contributed by atoms with Crippen LogP contribution in [-0.4, -0.2) is 41.4 Å². The summed E-state index contributed by atoms with van der Waals surface area (Å²) in [6.45, 7) is 1.15. The Balaban J connectivity index is 1.56. The van der Waals surface area contributed by atoms with Crippen molar-refractivity contribution in [1.29, 1.82) is 0 Å². The van der Waals surface area contributed by atoms with Crippen LogP contribution in [0.15, 0.2) is 54.6 Å². The van der Waals surface area contributed by atoms with Crippen molar-refractivity contribution in [3.8, 4) is 0 Å². The van der Waals surface area contributed by atoms with E-state index in [0.717, 1.165) is 5.56 Å². The maximum Gasteiger partial charge on any atom is 0.249 e. The zero-order valence-electron chi connectivity index (χ0n) is 15.7. The van der Waals surface area contributed by atoms with E-state index in [1.54, 1.807) is 29.2 Å². The summed E-state index contributed by atoms with van der Waals surface area (Å²) in [4.78, 5) is 30.9. The van der Waals surface area contributed by atoms with Gasteiger partial charge in [0, 0.05) is 11.9 Å². The number of carbonyl (C=O) groups is 2. The van der Waals surface area contributed by atoms with Gasteiger partial charge in [-0.25, -0.2) is 9.37 Å². The Hall–Kier alpha value is -3.32. The average Bonchev–Trinajstić information content (AvgIpc) is 2.74. The quantitative estimate of drug-likeness (QED) is 0.738. The second-order valence-corrected chi connectivity index (χ2v) is 6.98. The van der Waals surface area contributed by atoms with Crippen molar-refractivity contribution in [3.63, 3.8) is 0 Å². The lowest BCUT2D eigenvalue weighted by Gasteiger charge is -2.33. The Bertz CT molecular complexity index is 1070. The summed E-state index contributed by atoms with van der Waals surface area (Å²) in [5.74, 6) is -0.939. The van der Waals surface area contributed by atoms with Gasteiger partial charge in [0.05, 0.1) is 36.3 Å². The molecule has 0 radical (unpaired) electrons. The van der Waals surface area contributed by atoms with E-state index in [4.69, 9.17) is 10.5 Å². The van der Waals surface area contributed by atoms with E-state index in [9.17, 15) is 14.0 Å². The highest BCUT2D eigenvalue weighted by Crippen LogP contribution is 2.26. The second-order valence-electron chi connectivity index (χ2n) is 6.98. The molecule has 148 valence electrons. The highest BCUT2D eigenvalue weighted by Gasteiger charge is 2.27. The molecule has 0 saturated carbocycles. The van der Waals surface area contributed by atoms with Crippen LogP contribution in [0.1, 0.15) is 27.7 Å². The van der Waals surface area contributed by atoms with Crippen LogP contribution in [0.25, 0.3) is 10.9 Å². The summed E-state index contributed by atoms with van der Waals surface area (Å²) in [5.41, 5.74) is 7.90. The minimum Gasteiger partial charge on any atom is -0.368 e. The molecule has 2 aromatic carbocycles. The third-order valence-corrected chi connectivity index (χ3v) is 5.02. The Kier molecular flexibility index (Phi) is 5.22. The van der Waals surface area contributed by atoms with E-state index in [0.29, 0.717) is 41.9 Å². The number of pyridine rings is 1. The molecule has 2 amide bonds. The molecule has 1 fully saturated rings. The van der Waals surface area contributed by atoms with Gasteiger partial charge in [-0.2, -0.15) is 0 Å². The molecule has 1 aromatic heterocycles. The van der Waals surface area contributed by atoms with Crippen LogP contribution in [0.4, 0.5) is 4.39 Å². The lowest BCUT2D eigenvalue weighted by molar-refractivity contribution is -0.138. The predicted molar refractivity (Wildman–Crippen MR) is 106 cm³/mol. The molecule has 1 aliphatic heterocycles. The fourth-order valence-electron chi connectivity index (χ4n) is 3.51. The van der Waals surface area contributed by atoms with Gasteiger partial charge in [0.25, 0.3) is 0 Å². The minimum absolute atomic E-state index is 0.0687. The first-order valence-corrected chi connectivity index (χ1v) is 9.34. The Morgan fingerprint density at radius 2 is 1.93 bits per heavy atom. The van der Waals surface area contributed by atoms with Crippen molar-refractivity contribution < 1.29 is 18.7 Å². The van der Waals surface area contributed by atoms with Crippen molar-refractivity contribution in [2.24, 2.45) is 5.73 Å². The Morgan fingerprint density at radius 1 is 1.17 bits per heavy atom. The SMILES string of the molecule is NC(=O)c1cc([C@@H]2CN(C(=O)Cc3ccc(F)cc3)CCO2)nc2ccccc12. The van der Waals surface area contributed by atoms with Crippen LogP contribution in [0.3, 0.4) is 0 Å². The number of benzene rings is 2. The molecular formula is C22H20FN3O3. The van der Waals surface area contributed by atoms with E-state index in [-0.39, 0.29) is 18.1 Å². The number of carbonyl (C=O) groups excluding carboxylic acids is 2. The molecule has 0 spiro atoms. The number of hydrogen-bond acceptors (Lipinski definition) is 4. The normalized spacial score (nSPS) is 16.7. The molecule has 1 aliphatic rings. The third-order valence-electron chi connectivity index (χ3n) is 5.02. The first-order valence-electron chi connectivity index (χ1n) is 9.34. The molecule has 6 nitrogen and oxygen atoms in total. The van der Waals surface area contributed by atoms with Gasteiger partial charge in [0.2, 0.25) is 11.8 Å². The van der Waals surface area contributed by atoms with Gasteiger partial charge in [0.1, 0.15) is 11.9 Å². The molecule has 2 N–H and O–H groups in total. The molecule has 1 saturated heterocycles. The van der Waals surface area contributed by atoms with Crippen LogP contribution < -0.4 is 5.73 Å². The number of halogens is 1. The van der Waals surface area contributed by atoms with Gasteiger partial charge in [-0.05, 0) is 29.8 Å². The van der Waals surface area contributed by atoms with Crippen LogP contribution in [-0.2, 0) is 16.0 Å². The van der Waals surface area contributed by atoms with Gasteiger partial charge in [-0.3, -0.25) is 9.59 Å². The second kappa shape index (κ2) is 7.97. The zero-order valence-corrected chi connectivity index (χ0v) is 15.7. The number of amides is 2. The van der Waals surface area contributed by atoms with Gasteiger partial charge in [-0.15, -0.1) is 0 Å². The molecule has 2 heterocycles. The summed E-state index contributed by atoms with van der Waals surface area (Å²) in [6.07, 6.45) is -0.270. The first kappa shape index (κ1) is 19.0. The minimum atomic E-state index is -0.537.